The third-order valence-electron chi connectivity index (χ3n) is 5.76. The van der Waals surface area contributed by atoms with Crippen LogP contribution in [0.5, 0.6) is 0 Å². The molecule has 0 spiro atoms. The largest absolute Gasteiger partial charge is 0.481 e. The Morgan fingerprint density at radius 1 is 1.00 bits per heavy atom. The lowest BCUT2D eigenvalue weighted by molar-refractivity contribution is -0.148. The summed E-state index contributed by atoms with van der Waals surface area (Å²) in [5.74, 6) is -4.94. The molecule has 14 heteroatoms. The van der Waals surface area contributed by atoms with Crippen molar-refractivity contribution in [2.45, 2.75) is 56.5 Å². The van der Waals surface area contributed by atoms with E-state index in [9.17, 15) is 34.2 Å². The van der Waals surface area contributed by atoms with E-state index < -0.39 is 66.4 Å². The number of hydrogen-bond donors (Lipinski definition) is 8. The molecule has 0 fully saturated rings. The summed E-state index contributed by atoms with van der Waals surface area (Å²) in [4.78, 5) is 64.2. The molecule has 0 saturated heterocycles. The Kier molecular flexibility index (Phi) is 11.6. The molecule has 0 saturated carbocycles. The first-order chi connectivity index (χ1) is 17.9. The standard InChI is InChI=1S/C24H33N5O8S/c1-12(30)20(23(35)28-18(24(36)37)10-19(31)32)29-22(34)17(27-21(33)15(25)7-8-38-2)9-13-11-26-16-6-4-3-5-14(13)16/h3-6,11-12,15,17-18,20,26,30H,7-10,25H2,1-2H3,(H,27,33)(H,28,35)(H,29,34)(H,31,32)(H,36,37). The second-order valence-electron chi connectivity index (χ2n) is 8.74. The summed E-state index contributed by atoms with van der Waals surface area (Å²) in [6.45, 7) is 1.20. The number of thioether (sulfide) groups is 1. The lowest BCUT2D eigenvalue weighted by atomic mass is 10.0. The third kappa shape index (κ3) is 8.75. The van der Waals surface area contributed by atoms with Gasteiger partial charge in [-0.3, -0.25) is 19.2 Å². The van der Waals surface area contributed by atoms with Gasteiger partial charge in [0.2, 0.25) is 17.7 Å². The molecule has 9 N–H and O–H groups in total. The smallest absolute Gasteiger partial charge is 0.326 e. The number of nitrogens with one attached hydrogen (secondary N) is 4. The summed E-state index contributed by atoms with van der Waals surface area (Å²) in [5.41, 5.74) is 7.47. The van der Waals surface area contributed by atoms with Gasteiger partial charge in [-0.1, -0.05) is 18.2 Å². The normalized spacial score (nSPS) is 15.1. The second-order valence-corrected chi connectivity index (χ2v) is 9.72. The van der Waals surface area contributed by atoms with Gasteiger partial charge >= 0.3 is 11.9 Å². The van der Waals surface area contributed by atoms with E-state index >= 15 is 0 Å². The Bertz CT molecular complexity index is 1150. The zero-order valence-corrected chi connectivity index (χ0v) is 21.8. The van der Waals surface area contributed by atoms with E-state index in [-0.39, 0.29) is 6.42 Å². The van der Waals surface area contributed by atoms with Gasteiger partial charge in [0.05, 0.1) is 18.6 Å². The number of aliphatic hydroxyl groups is 1. The van der Waals surface area contributed by atoms with Crippen LogP contribution in [0.4, 0.5) is 0 Å². The van der Waals surface area contributed by atoms with Gasteiger partial charge in [-0.15, -0.1) is 0 Å². The SMILES string of the molecule is CSCCC(N)C(=O)NC(Cc1c[nH]c2ccccc12)C(=O)NC(C(=O)NC(CC(=O)O)C(=O)O)C(C)O. The van der Waals surface area contributed by atoms with Gasteiger partial charge in [0.1, 0.15) is 18.1 Å². The number of aliphatic hydroxyl groups excluding tert-OH is 1. The fourth-order valence-electron chi connectivity index (χ4n) is 3.68. The van der Waals surface area contributed by atoms with Crippen molar-refractivity contribution in [1.29, 1.82) is 0 Å². The monoisotopic (exact) mass is 551 g/mol. The van der Waals surface area contributed by atoms with Crippen LogP contribution >= 0.6 is 11.8 Å². The molecule has 1 aromatic heterocycles. The molecular formula is C24H33N5O8S. The van der Waals surface area contributed by atoms with Crippen LogP contribution in [-0.4, -0.2) is 92.2 Å². The molecule has 38 heavy (non-hydrogen) atoms. The van der Waals surface area contributed by atoms with Crippen molar-refractivity contribution in [2.24, 2.45) is 5.73 Å². The van der Waals surface area contributed by atoms with Gasteiger partial charge in [0.25, 0.3) is 0 Å². The van der Waals surface area contributed by atoms with Crippen LogP contribution in [0.1, 0.15) is 25.3 Å². The number of para-hydroxylation sites is 1. The van der Waals surface area contributed by atoms with Crippen LogP contribution in [0.2, 0.25) is 0 Å². The van der Waals surface area contributed by atoms with Gasteiger partial charge in [-0.25, -0.2) is 4.79 Å². The highest BCUT2D eigenvalue weighted by molar-refractivity contribution is 7.98. The Balaban J connectivity index is 2.27. The number of carboxylic acid groups (broad SMARTS) is 2. The number of carbonyl (C=O) groups excluding carboxylic acids is 3. The van der Waals surface area contributed by atoms with Crippen LogP contribution in [0.15, 0.2) is 30.5 Å². The topological polar surface area (TPSA) is 224 Å². The van der Waals surface area contributed by atoms with Crippen molar-refractivity contribution in [1.82, 2.24) is 20.9 Å². The summed E-state index contributed by atoms with van der Waals surface area (Å²) < 4.78 is 0. The highest BCUT2D eigenvalue weighted by atomic mass is 32.2. The zero-order valence-electron chi connectivity index (χ0n) is 21.0. The van der Waals surface area contributed by atoms with Crippen molar-refractivity contribution in [2.75, 3.05) is 12.0 Å². The number of H-pyrrole nitrogens is 1. The van der Waals surface area contributed by atoms with Gasteiger partial charge < -0.3 is 42.0 Å². The van der Waals surface area contributed by atoms with Crippen LogP contribution < -0.4 is 21.7 Å². The molecule has 5 atom stereocenters. The Labute approximate surface area is 222 Å². The molecule has 1 heterocycles. The Morgan fingerprint density at radius 2 is 1.66 bits per heavy atom. The maximum Gasteiger partial charge on any atom is 0.326 e. The number of carbonyl (C=O) groups is 5. The Hall–Kier alpha value is -3.62. The average Bonchev–Trinajstić information content (AvgIpc) is 3.26. The summed E-state index contributed by atoms with van der Waals surface area (Å²) in [5, 5.41) is 36.1. The number of carboxylic acids is 2. The molecule has 3 amide bonds. The van der Waals surface area contributed by atoms with Crippen molar-refractivity contribution in [3.05, 3.63) is 36.0 Å². The van der Waals surface area contributed by atoms with E-state index in [1.807, 2.05) is 35.8 Å². The number of amides is 3. The van der Waals surface area contributed by atoms with Gasteiger partial charge in [-0.05, 0) is 37.0 Å². The van der Waals surface area contributed by atoms with Crippen molar-refractivity contribution >= 4 is 52.3 Å². The van der Waals surface area contributed by atoms with E-state index in [0.29, 0.717) is 17.7 Å². The first-order valence-corrected chi connectivity index (χ1v) is 13.2. The third-order valence-corrected chi connectivity index (χ3v) is 6.40. The maximum absolute atomic E-state index is 13.3. The highest BCUT2D eigenvalue weighted by Gasteiger charge is 2.33. The molecule has 0 aliphatic carbocycles. The predicted molar refractivity (Wildman–Crippen MR) is 140 cm³/mol. The van der Waals surface area contributed by atoms with Gasteiger partial charge in [0.15, 0.2) is 0 Å². The second kappa shape index (κ2) is 14.4. The van der Waals surface area contributed by atoms with E-state index in [4.69, 9.17) is 10.8 Å². The molecule has 1 aromatic carbocycles. The number of aromatic amines is 1. The zero-order chi connectivity index (χ0) is 28.4. The summed E-state index contributed by atoms with van der Waals surface area (Å²) in [7, 11) is 0. The number of aliphatic carboxylic acids is 2. The van der Waals surface area contributed by atoms with Crippen LogP contribution in [0, 0.1) is 0 Å². The van der Waals surface area contributed by atoms with E-state index in [1.165, 1.54) is 18.7 Å². The predicted octanol–water partition coefficient (Wildman–Crippen LogP) is -0.815. The average molecular weight is 552 g/mol. The van der Waals surface area contributed by atoms with Crippen LogP contribution in [0.3, 0.4) is 0 Å². The number of hydrogen-bond acceptors (Lipinski definition) is 8. The van der Waals surface area contributed by atoms with E-state index in [2.05, 4.69) is 15.6 Å². The van der Waals surface area contributed by atoms with Crippen molar-refractivity contribution < 1.29 is 39.3 Å². The molecular weight excluding hydrogens is 518 g/mol. The molecule has 2 rings (SSSR count). The molecule has 2 aromatic rings. The fraction of sp³-hybridized carbons (Fsp3) is 0.458. The molecule has 0 bridgehead atoms. The van der Waals surface area contributed by atoms with Gasteiger partial charge in [0, 0.05) is 23.5 Å². The number of aromatic nitrogens is 1. The molecule has 0 aliphatic heterocycles. The summed E-state index contributed by atoms with van der Waals surface area (Å²) in [6.07, 6.45) is 1.55. The molecule has 0 aliphatic rings. The first kappa shape index (κ1) is 30.6. The minimum absolute atomic E-state index is 0.0156. The number of rotatable bonds is 15. The summed E-state index contributed by atoms with van der Waals surface area (Å²) >= 11 is 1.51. The van der Waals surface area contributed by atoms with Crippen molar-refractivity contribution in [3.63, 3.8) is 0 Å². The van der Waals surface area contributed by atoms with E-state index in [0.717, 1.165) is 10.9 Å². The fourth-order valence-corrected chi connectivity index (χ4v) is 4.17. The molecule has 5 unspecified atom stereocenters. The maximum atomic E-state index is 13.3. The quantitative estimate of drug-likeness (QED) is 0.137. The van der Waals surface area contributed by atoms with Crippen LogP contribution in [-0.2, 0) is 30.4 Å². The highest BCUT2D eigenvalue weighted by Crippen LogP contribution is 2.19. The number of fused-ring (bicyclic) bond motifs is 1. The Morgan fingerprint density at radius 3 is 2.26 bits per heavy atom. The minimum Gasteiger partial charge on any atom is -0.481 e. The lowest BCUT2D eigenvalue weighted by Crippen LogP contribution is -2.60. The first-order valence-electron chi connectivity index (χ1n) is 11.8. The molecule has 13 nitrogen and oxygen atoms in total. The van der Waals surface area contributed by atoms with E-state index in [1.54, 1.807) is 6.20 Å². The van der Waals surface area contributed by atoms with Gasteiger partial charge in [-0.2, -0.15) is 11.8 Å². The minimum atomic E-state index is -1.78. The summed E-state index contributed by atoms with van der Waals surface area (Å²) in [6, 6.07) is 1.82. The number of nitrogens with two attached hydrogens (primary N) is 1. The lowest BCUT2D eigenvalue weighted by Gasteiger charge is -2.26. The molecule has 208 valence electrons. The number of benzene rings is 1. The molecule has 0 radical (unpaired) electrons. The van der Waals surface area contributed by atoms with Crippen molar-refractivity contribution in [3.8, 4) is 0 Å². The van der Waals surface area contributed by atoms with Crippen LogP contribution in [0.25, 0.3) is 10.9 Å².